The lowest BCUT2D eigenvalue weighted by molar-refractivity contribution is -0.128. The number of rotatable bonds is 4. The molecule has 1 saturated heterocycles. The molecule has 1 aliphatic rings. The molecule has 1 fully saturated rings. The minimum atomic E-state index is -0.0555. The van der Waals surface area contributed by atoms with Gasteiger partial charge in [0.05, 0.1) is 11.7 Å². The number of hydrogen-bond donors (Lipinski definition) is 0. The van der Waals surface area contributed by atoms with Crippen LogP contribution < -0.4 is 0 Å². The first-order valence-corrected chi connectivity index (χ1v) is 8.18. The molecule has 1 aromatic rings. The second-order valence-corrected chi connectivity index (χ2v) is 6.64. The summed E-state index contributed by atoms with van der Waals surface area (Å²) in [6, 6.07) is 8.99. The van der Waals surface area contributed by atoms with E-state index in [4.69, 9.17) is 4.74 Å². The highest BCUT2D eigenvalue weighted by Gasteiger charge is 2.32. The molecule has 1 aromatic carbocycles. The number of halogens is 1. The molecule has 1 aliphatic heterocycles. The van der Waals surface area contributed by atoms with E-state index in [1.165, 1.54) is 11.1 Å². The summed E-state index contributed by atoms with van der Waals surface area (Å²) < 4.78 is 6.04. The summed E-state index contributed by atoms with van der Waals surface area (Å²) >= 11 is 3.54. The first-order chi connectivity index (χ1) is 9.02. The first kappa shape index (κ1) is 15.0. The molecule has 1 heterocycles. The third-order valence-electron chi connectivity index (χ3n) is 3.56. The highest BCUT2D eigenvalue weighted by Crippen LogP contribution is 2.23. The van der Waals surface area contributed by atoms with Crippen LogP contribution in [0.15, 0.2) is 24.3 Å². The largest absolute Gasteiger partial charge is 0.369 e. The van der Waals surface area contributed by atoms with Crippen LogP contribution in [-0.4, -0.2) is 35.0 Å². The Balaban J connectivity index is 2.00. The van der Waals surface area contributed by atoms with E-state index in [0.29, 0.717) is 6.10 Å². The third-order valence-corrected chi connectivity index (χ3v) is 4.28. The van der Waals surface area contributed by atoms with Crippen LogP contribution in [0.5, 0.6) is 0 Å². The predicted octanol–water partition coefficient (Wildman–Crippen LogP) is 3.62. The number of aryl methyl sites for hydroxylation is 1. The molecule has 2 rings (SSSR count). The fourth-order valence-corrected chi connectivity index (χ4v) is 3.09. The molecule has 106 valence electrons. The Morgan fingerprint density at radius 3 is 2.47 bits per heavy atom. The van der Waals surface area contributed by atoms with Gasteiger partial charge in [-0.05, 0) is 31.4 Å². The lowest BCUT2D eigenvalue weighted by atomic mass is 10.0. The quantitative estimate of drug-likeness (QED) is 0.784. The van der Waals surface area contributed by atoms with E-state index < -0.39 is 0 Å². The maximum atomic E-state index is 6.04. The van der Waals surface area contributed by atoms with Crippen molar-refractivity contribution in [1.82, 2.24) is 4.90 Å². The van der Waals surface area contributed by atoms with Gasteiger partial charge < -0.3 is 4.74 Å². The van der Waals surface area contributed by atoms with Crippen LogP contribution >= 0.6 is 15.9 Å². The van der Waals surface area contributed by atoms with E-state index >= 15 is 0 Å². The fraction of sp³-hybridized carbons (Fsp3) is 0.625. The van der Waals surface area contributed by atoms with Gasteiger partial charge in [-0.2, -0.15) is 0 Å². The molecule has 0 spiro atoms. The van der Waals surface area contributed by atoms with Gasteiger partial charge in [-0.25, -0.2) is 0 Å². The van der Waals surface area contributed by atoms with Crippen molar-refractivity contribution in [3.05, 3.63) is 35.4 Å². The number of ether oxygens (including phenoxy) is 1. The van der Waals surface area contributed by atoms with Crippen LogP contribution in [0.3, 0.4) is 0 Å². The van der Waals surface area contributed by atoms with Gasteiger partial charge >= 0.3 is 0 Å². The van der Waals surface area contributed by atoms with Gasteiger partial charge in [0.1, 0.15) is 0 Å². The van der Waals surface area contributed by atoms with E-state index in [0.717, 1.165) is 31.4 Å². The van der Waals surface area contributed by atoms with Crippen molar-refractivity contribution in [3.8, 4) is 0 Å². The van der Waals surface area contributed by atoms with Crippen molar-refractivity contribution >= 4 is 15.9 Å². The van der Waals surface area contributed by atoms with Gasteiger partial charge in [0.15, 0.2) is 0 Å². The number of morpholine rings is 1. The highest BCUT2D eigenvalue weighted by molar-refractivity contribution is 9.09. The number of nitrogens with zero attached hydrogens (tertiary/aromatic N) is 1. The van der Waals surface area contributed by atoms with Crippen LogP contribution in [0.1, 0.15) is 31.9 Å². The molecule has 0 bridgehead atoms. The smallest absolute Gasteiger partial charge is 0.0806 e. The van der Waals surface area contributed by atoms with E-state index in [9.17, 15) is 0 Å². The Kier molecular flexibility index (Phi) is 5.04. The van der Waals surface area contributed by atoms with Gasteiger partial charge in [-0.1, -0.05) is 47.1 Å². The first-order valence-electron chi connectivity index (χ1n) is 7.06. The zero-order valence-electron chi connectivity index (χ0n) is 12.2. The lowest BCUT2D eigenvalue weighted by Crippen LogP contribution is -2.52. The van der Waals surface area contributed by atoms with Crippen molar-refractivity contribution in [2.75, 3.05) is 18.4 Å². The molecule has 0 saturated carbocycles. The Morgan fingerprint density at radius 2 is 1.89 bits per heavy atom. The van der Waals surface area contributed by atoms with E-state index in [-0.39, 0.29) is 5.60 Å². The van der Waals surface area contributed by atoms with E-state index in [1.807, 2.05) is 0 Å². The van der Waals surface area contributed by atoms with E-state index in [1.54, 1.807) is 0 Å². The zero-order chi connectivity index (χ0) is 13.9. The Bertz CT molecular complexity index is 402. The molecule has 3 heteroatoms. The van der Waals surface area contributed by atoms with Crippen LogP contribution in [0.4, 0.5) is 0 Å². The summed E-state index contributed by atoms with van der Waals surface area (Å²) in [5.74, 6) is 0. The van der Waals surface area contributed by atoms with Crippen LogP contribution in [0, 0.1) is 0 Å². The molecular formula is C16H24BrNO. The number of benzene rings is 1. The average molecular weight is 326 g/mol. The van der Waals surface area contributed by atoms with Crippen molar-refractivity contribution in [2.24, 2.45) is 0 Å². The predicted molar refractivity (Wildman–Crippen MR) is 83.8 cm³/mol. The Morgan fingerprint density at radius 1 is 1.26 bits per heavy atom. The molecule has 2 nitrogen and oxygen atoms in total. The minimum Gasteiger partial charge on any atom is -0.369 e. The molecule has 0 amide bonds. The zero-order valence-corrected chi connectivity index (χ0v) is 13.7. The van der Waals surface area contributed by atoms with Crippen molar-refractivity contribution < 1.29 is 4.74 Å². The maximum Gasteiger partial charge on any atom is 0.0806 e. The average Bonchev–Trinajstić information content (AvgIpc) is 2.37. The molecule has 0 N–H and O–H groups in total. The molecule has 0 radical (unpaired) electrons. The van der Waals surface area contributed by atoms with E-state index in [2.05, 4.69) is 65.9 Å². The Hall–Kier alpha value is -0.380. The maximum absolute atomic E-state index is 6.04. The molecule has 1 unspecified atom stereocenters. The lowest BCUT2D eigenvalue weighted by Gasteiger charge is -2.42. The summed E-state index contributed by atoms with van der Waals surface area (Å²) in [4.78, 5) is 2.50. The second-order valence-electron chi connectivity index (χ2n) is 5.99. The van der Waals surface area contributed by atoms with Gasteiger partial charge in [0.2, 0.25) is 0 Å². The van der Waals surface area contributed by atoms with Crippen LogP contribution in [0.2, 0.25) is 0 Å². The molecule has 1 atom stereocenters. The van der Waals surface area contributed by atoms with Crippen molar-refractivity contribution in [1.29, 1.82) is 0 Å². The monoisotopic (exact) mass is 325 g/mol. The summed E-state index contributed by atoms with van der Waals surface area (Å²) in [5.41, 5.74) is 2.74. The van der Waals surface area contributed by atoms with Crippen LogP contribution in [0.25, 0.3) is 0 Å². The minimum absolute atomic E-state index is 0.0555. The number of alkyl halides is 1. The topological polar surface area (TPSA) is 12.5 Å². The normalized spacial score (nSPS) is 23.5. The molecule has 0 aliphatic carbocycles. The summed E-state index contributed by atoms with van der Waals surface area (Å²) in [6.45, 7) is 9.56. The number of hydrogen-bond acceptors (Lipinski definition) is 2. The Labute approximate surface area is 125 Å². The summed E-state index contributed by atoms with van der Waals surface area (Å²) in [5, 5.41) is 0.904. The van der Waals surface area contributed by atoms with Crippen molar-refractivity contribution in [3.63, 3.8) is 0 Å². The SMILES string of the molecule is CCc1ccc(CN2CC(CBr)OC(C)(C)C2)cc1. The van der Waals surface area contributed by atoms with Gasteiger partial charge in [-0.15, -0.1) is 0 Å². The fourth-order valence-electron chi connectivity index (χ4n) is 2.76. The standard InChI is InChI=1S/C16H24BrNO/c1-4-13-5-7-14(8-6-13)10-18-11-15(9-17)19-16(2,3)12-18/h5-8,15H,4,9-12H2,1-3H3. The highest BCUT2D eigenvalue weighted by atomic mass is 79.9. The van der Waals surface area contributed by atoms with Gasteiger partial charge in [0, 0.05) is 25.0 Å². The summed E-state index contributed by atoms with van der Waals surface area (Å²) in [6.07, 6.45) is 1.40. The van der Waals surface area contributed by atoms with Crippen LogP contribution in [-0.2, 0) is 17.7 Å². The van der Waals surface area contributed by atoms with Gasteiger partial charge in [0.25, 0.3) is 0 Å². The molecule has 19 heavy (non-hydrogen) atoms. The third kappa shape index (κ3) is 4.30. The molecular weight excluding hydrogens is 302 g/mol. The van der Waals surface area contributed by atoms with Gasteiger partial charge in [-0.3, -0.25) is 4.90 Å². The molecule has 0 aromatic heterocycles. The van der Waals surface area contributed by atoms with Crippen molar-refractivity contribution in [2.45, 2.75) is 45.4 Å². The summed E-state index contributed by atoms with van der Waals surface area (Å²) in [7, 11) is 0. The second kappa shape index (κ2) is 6.38.